The van der Waals surface area contributed by atoms with Gasteiger partial charge in [-0.1, -0.05) is 36.4 Å². The van der Waals surface area contributed by atoms with Crippen molar-refractivity contribution in [2.45, 2.75) is 20.3 Å². The molecule has 0 aliphatic carbocycles. The highest BCUT2D eigenvalue weighted by molar-refractivity contribution is 7.71. The molecule has 2 aromatic carbocycles. The van der Waals surface area contributed by atoms with E-state index in [1.807, 2.05) is 76.5 Å². The minimum absolute atomic E-state index is 0.116. The lowest BCUT2D eigenvalue weighted by Gasteiger charge is -2.18. The average Bonchev–Trinajstić information content (AvgIpc) is 2.72. The number of aromatic hydroxyl groups is 1. The van der Waals surface area contributed by atoms with E-state index in [-0.39, 0.29) is 16.2 Å². The smallest absolute Gasteiger partial charge is 0.271 e. The monoisotopic (exact) mass is 436 g/mol. The summed E-state index contributed by atoms with van der Waals surface area (Å²) in [5, 5.41) is 11.1. The number of benzene rings is 2. The number of aryl methyl sites for hydroxylation is 2. The highest BCUT2D eigenvalue weighted by atomic mass is 32.1. The van der Waals surface area contributed by atoms with E-state index in [2.05, 4.69) is 9.89 Å². The molecule has 6 nitrogen and oxygen atoms in total. The van der Waals surface area contributed by atoms with Crippen molar-refractivity contribution in [2.24, 2.45) is 4.99 Å². The highest BCUT2D eigenvalue weighted by Gasteiger charge is 2.19. The number of hydrogen-bond acceptors (Lipinski definition) is 5. The zero-order valence-corrected chi connectivity index (χ0v) is 19.2. The van der Waals surface area contributed by atoms with Crippen LogP contribution in [0.4, 0.5) is 0 Å². The maximum atomic E-state index is 13.4. The van der Waals surface area contributed by atoms with E-state index >= 15 is 0 Å². The van der Waals surface area contributed by atoms with Crippen LogP contribution >= 0.6 is 12.2 Å². The molecule has 0 amide bonds. The molecule has 3 rings (SSSR count). The molecular weight excluding hydrogens is 408 g/mol. The van der Waals surface area contributed by atoms with Gasteiger partial charge in [0.1, 0.15) is 5.56 Å². The summed E-state index contributed by atoms with van der Waals surface area (Å²) in [5.41, 5.74) is 2.96. The van der Waals surface area contributed by atoms with Gasteiger partial charge in [0.15, 0.2) is 4.77 Å². The van der Waals surface area contributed by atoms with Crippen LogP contribution in [0.5, 0.6) is 5.88 Å². The molecule has 0 bridgehead atoms. The number of aliphatic imine (C=N–C) groups is 1. The number of rotatable bonds is 7. The lowest BCUT2D eigenvalue weighted by atomic mass is 10.2. The largest absolute Gasteiger partial charge is 0.494 e. The minimum Gasteiger partial charge on any atom is -0.494 e. The Morgan fingerprint density at radius 1 is 1.00 bits per heavy atom. The quantitative estimate of drug-likeness (QED) is 0.345. The summed E-state index contributed by atoms with van der Waals surface area (Å²) in [6, 6.07) is 15.2. The topological polar surface area (TPSA) is 62.8 Å². The third-order valence-corrected chi connectivity index (χ3v) is 5.46. The SMILES string of the molecule is Cc1ccccc1-n1c(O)c(C=NCCCN(C)C)c(=O)n(-c2ccccc2C)c1=S. The fraction of sp³-hybridized carbons (Fsp3) is 0.292. The van der Waals surface area contributed by atoms with E-state index in [0.717, 1.165) is 29.8 Å². The van der Waals surface area contributed by atoms with Crippen LogP contribution < -0.4 is 5.56 Å². The van der Waals surface area contributed by atoms with Crippen LogP contribution in [0, 0.1) is 18.6 Å². The summed E-state index contributed by atoms with van der Waals surface area (Å²) < 4.78 is 3.22. The van der Waals surface area contributed by atoms with Crippen LogP contribution in [0.2, 0.25) is 0 Å². The molecule has 0 fully saturated rings. The average molecular weight is 437 g/mol. The van der Waals surface area contributed by atoms with E-state index in [4.69, 9.17) is 12.2 Å². The normalized spacial score (nSPS) is 11.5. The lowest BCUT2D eigenvalue weighted by Crippen LogP contribution is -2.27. The third kappa shape index (κ3) is 4.84. The fourth-order valence-corrected chi connectivity index (χ4v) is 3.79. The van der Waals surface area contributed by atoms with Gasteiger partial charge in [-0.15, -0.1) is 0 Å². The predicted molar refractivity (Wildman–Crippen MR) is 129 cm³/mol. The van der Waals surface area contributed by atoms with E-state index in [0.29, 0.717) is 12.2 Å². The molecule has 31 heavy (non-hydrogen) atoms. The van der Waals surface area contributed by atoms with Gasteiger partial charge in [0.2, 0.25) is 5.88 Å². The van der Waals surface area contributed by atoms with Crippen LogP contribution in [0.15, 0.2) is 58.3 Å². The van der Waals surface area contributed by atoms with E-state index in [1.165, 1.54) is 10.8 Å². The summed E-state index contributed by atoms with van der Waals surface area (Å²) >= 11 is 5.71. The molecule has 0 saturated carbocycles. The van der Waals surface area contributed by atoms with Gasteiger partial charge in [0, 0.05) is 12.8 Å². The standard InChI is InChI=1S/C24H28N4O2S/c1-17-10-5-7-12-20(17)27-22(29)19(16-25-14-9-15-26(3)4)23(30)28(24(27)31)21-13-8-6-11-18(21)2/h5-8,10-13,16,29H,9,14-15H2,1-4H3. The Morgan fingerprint density at radius 3 is 2.10 bits per heavy atom. The molecule has 0 spiro atoms. The molecule has 1 aromatic heterocycles. The second kappa shape index (κ2) is 9.85. The minimum atomic E-state index is -0.391. The van der Waals surface area contributed by atoms with Crippen LogP contribution in [-0.4, -0.2) is 52.5 Å². The van der Waals surface area contributed by atoms with Crippen molar-refractivity contribution >= 4 is 18.4 Å². The molecule has 0 radical (unpaired) electrons. The summed E-state index contributed by atoms with van der Waals surface area (Å²) in [4.78, 5) is 19.9. The molecule has 1 heterocycles. The van der Waals surface area contributed by atoms with Crippen molar-refractivity contribution in [3.63, 3.8) is 0 Å². The number of aromatic nitrogens is 2. The molecule has 0 unspecified atom stereocenters. The van der Waals surface area contributed by atoms with Gasteiger partial charge in [0.05, 0.1) is 11.4 Å². The fourth-order valence-electron chi connectivity index (χ4n) is 3.42. The van der Waals surface area contributed by atoms with Gasteiger partial charge >= 0.3 is 0 Å². The molecule has 3 aromatic rings. The third-order valence-electron chi connectivity index (χ3n) is 5.09. The Balaban J connectivity index is 2.25. The van der Waals surface area contributed by atoms with E-state index in [9.17, 15) is 9.90 Å². The zero-order chi connectivity index (χ0) is 22.5. The first-order chi connectivity index (χ1) is 14.8. The first-order valence-electron chi connectivity index (χ1n) is 10.2. The van der Waals surface area contributed by atoms with Crippen molar-refractivity contribution < 1.29 is 5.11 Å². The molecule has 1 N–H and O–H groups in total. The number of nitrogens with zero attached hydrogens (tertiary/aromatic N) is 4. The van der Waals surface area contributed by atoms with E-state index in [1.54, 1.807) is 4.57 Å². The maximum Gasteiger partial charge on any atom is 0.271 e. The first-order valence-corrected chi connectivity index (χ1v) is 10.6. The van der Waals surface area contributed by atoms with Crippen molar-refractivity contribution in [1.82, 2.24) is 14.0 Å². The van der Waals surface area contributed by atoms with E-state index < -0.39 is 5.56 Å². The van der Waals surface area contributed by atoms with Crippen molar-refractivity contribution in [1.29, 1.82) is 0 Å². The van der Waals surface area contributed by atoms with Gasteiger partial charge in [-0.2, -0.15) is 0 Å². The Kier molecular flexibility index (Phi) is 7.20. The van der Waals surface area contributed by atoms with Crippen LogP contribution in [0.25, 0.3) is 11.4 Å². The summed E-state index contributed by atoms with van der Waals surface area (Å²) in [6.07, 6.45) is 2.32. The molecule has 0 atom stereocenters. The van der Waals surface area contributed by atoms with Gasteiger partial charge in [-0.25, -0.2) is 0 Å². The van der Waals surface area contributed by atoms with Crippen molar-refractivity contribution in [2.75, 3.05) is 27.2 Å². The lowest BCUT2D eigenvalue weighted by molar-refractivity contribution is 0.403. The highest BCUT2D eigenvalue weighted by Crippen LogP contribution is 2.24. The van der Waals surface area contributed by atoms with Gasteiger partial charge in [-0.05, 0) is 76.4 Å². The number of hydrogen-bond donors (Lipinski definition) is 1. The van der Waals surface area contributed by atoms with Crippen molar-refractivity contribution in [3.8, 4) is 17.3 Å². The van der Waals surface area contributed by atoms with Gasteiger partial charge in [0.25, 0.3) is 5.56 Å². The molecular formula is C24H28N4O2S. The van der Waals surface area contributed by atoms with Crippen LogP contribution in [-0.2, 0) is 0 Å². The molecule has 162 valence electrons. The molecule has 0 aliphatic heterocycles. The molecule has 0 aliphatic rings. The maximum absolute atomic E-state index is 13.4. The number of para-hydroxylation sites is 2. The predicted octanol–water partition coefficient (Wildman–Crippen LogP) is 4.05. The Hall–Kier alpha value is -3.03. The Morgan fingerprint density at radius 2 is 1.55 bits per heavy atom. The molecule has 7 heteroatoms. The van der Waals surface area contributed by atoms with Crippen molar-refractivity contribution in [3.05, 3.63) is 80.3 Å². The molecule has 0 saturated heterocycles. The summed E-state index contributed by atoms with van der Waals surface area (Å²) in [5.74, 6) is -0.203. The second-order valence-electron chi connectivity index (χ2n) is 7.76. The summed E-state index contributed by atoms with van der Waals surface area (Å²) in [7, 11) is 4.01. The van der Waals surface area contributed by atoms with Crippen LogP contribution in [0.1, 0.15) is 23.1 Å². The second-order valence-corrected chi connectivity index (χ2v) is 8.13. The first kappa shape index (κ1) is 22.7. The van der Waals surface area contributed by atoms with Gasteiger partial charge in [-0.3, -0.25) is 18.9 Å². The summed E-state index contributed by atoms with van der Waals surface area (Å²) in [6.45, 7) is 5.32. The zero-order valence-electron chi connectivity index (χ0n) is 18.4. The Labute approximate surface area is 187 Å². The van der Waals surface area contributed by atoms with Crippen LogP contribution in [0.3, 0.4) is 0 Å². The van der Waals surface area contributed by atoms with Gasteiger partial charge < -0.3 is 10.0 Å². The Bertz CT molecular complexity index is 1220.